The molecular weight excluding hydrogens is 416 g/mol. The van der Waals surface area contributed by atoms with Gasteiger partial charge in [0.1, 0.15) is 12.5 Å². The molecule has 2 atom stereocenters. The van der Waals surface area contributed by atoms with Crippen molar-refractivity contribution in [2.45, 2.75) is 63.8 Å². The van der Waals surface area contributed by atoms with Crippen LogP contribution in [0.2, 0.25) is 0 Å². The molecule has 0 radical (unpaired) electrons. The zero-order chi connectivity index (χ0) is 23.5. The predicted molar refractivity (Wildman–Crippen MR) is 127 cm³/mol. The van der Waals surface area contributed by atoms with Gasteiger partial charge < -0.3 is 9.64 Å². The number of imide groups is 1. The molecule has 33 heavy (non-hydrogen) atoms. The van der Waals surface area contributed by atoms with E-state index in [1.54, 1.807) is 0 Å². The van der Waals surface area contributed by atoms with Crippen molar-refractivity contribution in [1.82, 2.24) is 9.80 Å². The Morgan fingerprint density at radius 1 is 1.15 bits per heavy atom. The number of benzene rings is 1. The summed E-state index contributed by atoms with van der Waals surface area (Å²) in [5.74, 6) is 4.77. The van der Waals surface area contributed by atoms with Crippen molar-refractivity contribution in [3.63, 3.8) is 0 Å². The Bertz CT molecular complexity index is 880. The van der Waals surface area contributed by atoms with E-state index >= 15 is 0 Å². The summed E-state index contributed by atoms with van der Waals surface area (Å²) >= 11 is 0. The number of carbonyl (C=O) groups is 3. The first-order valence-corrected chi connectivity index (χ1v) is 12.0. The van der Waals surface area contributed by atoms with Crippen LogP contribution >= 0.6 is 0 Å². The van der Waals surface area contributed by atoms with Gasteiger partial charge >= 0.3 is 6.09 Å². The van der Waals surface area contributed by atoms with Gasteiger partial charge in [0.15, 0.2) is 0 Å². The molecule has 0 aromatic heterocycles. The lowest BCUT2D eigenvalue weighted by molar-refractivity contribution is -0.138. The van der Waals surface area contributed by atoms with Crippen LogP contribution in [-0.4, -0.2) is 53.4 Å². The molecule has 6 heteroatoms. The quantitative estimate of drug-likeness (QED) is 0.319. The van der Waals surface area contributed by atoms with Gasteiger partial charge in [-0.1, -0.05) is 42.3 Å². The summed E-state index contributed by atoms with van der Waals surface area (Å²) in [6.07, 6.45) is 8.30. The lowest BCUT2D eigenvalue weighted by Crippen LogP contribution is -2.45. The third kappa shape index (κ3) is 7.21. The Labute approximate surface area is 197 Å². The summed E-state index contributed by atoms with van der Waals surface area (Å²) in [6, 6.07) is 9.32. The zero-order valence-electron chi connectivity index (χ0n) is 19.3. The summed E-state index contributed by atoms with van der Waals surface area (Å²) in [6.45, 7) is 5.32. The molecule has 0 bridgehead atoms. The van der Waals surface area contributed by atoms with E-state index in [9.17, 15) is 14.4 Å². The fraction of sp³-hybridized carbons (Fsp3) is 0.519. The van der Waals surface area contributed by atoms with E-state index < -0.39 is 24.0 Å². The van der Waals surface area contributed by atoms with E-state index in [1.165, 1.54) is 4.90 Å². The Hall–Kier alpha value is -3.07. The molecule has 2 unspecified atom stereocenters. The number of allylic oxidation sites excluding steroid dienone is 1. The number of unbranched alkanes of at least 4 members (excludes halogenated alkanes) is 3. The molecule has 2 aliphatic heterocycles. The fourth-order valence-electron chi connectivity index (χ4n) is 4.28. The summed E-state index contributed by atoms with van der Waals surface area (Å²) < 4.78 is 5.23. The number of nitrogens with zero attached hydrogens (tertiary/aromatic N) is 2. The maximum Gasteiger partial charge on any atom is 0.417 e. The highest BCUT2D eigenvalue weighted by atomic mass is 16.6. The van der Waals surface area contributed by atoms with E-state index in [2.05, 4.69) is 18.4 Å². The predicted octanol–water partition coefficient (Wildman–Crippen LogP) is 4.35. The molecule has 0 N–H and O–H groups in total. The lowest BCUT2D eigenvalue weighted by Gasteiger charge is -2.28. The van der Waals surface area contributed by atoms with Gasteiger partial charge in [-0.05, 0) is 50.5 Å². The van der Waals surface area contributed by atoms with Gasteiger partial charge in [-0.15, -0.1) is 12.5 Å². The van der Waals surface area contributed by atoms with Gasteiger partial charge in [0.2, 0.25) is 11.8 Å². The van der Waals surface area contributed by atoms with Crippen LogP contribution in [0.1, 0.15) is 56.9 Å². The molecule has 2 saturated heterocycles. The maximum absolute atomic E-state index is 13.5. The number of piperidine rings is 1. The summed E-state index contributed by atoms with van der Waals surface area (Å²) in [5, 5.41) is 0. The van der Waals surface area contributed by atoms with Crippen molar-refractivity contribution in [3.05, 3.63) is 48.6 Å². The first-order valence-electron chi connectivity index (χ1n) is 12.0. The van der Waals surface area contributed by atoms with Crippen molar-refractivity contribution >= 4 is 17.9 Å². The average molecular weight is 451 g/mol. The van der Waals surface area contributed by atoms with E-state index in [4.69, 9.17) is 4.74 Å². The van der Waals surface area contributed by atoms with Crippen LogP contribution in [0.3, 0.4) is 0 Å². The Kier molecular flexibility index (Phi) is 9.56. The number of hydrogen-bond donors (Lipinski definition) is 0. The van der Waals surface area contributed by atoms with Gasteiger partial charge in [0, 0.05) is 25.9 Å². The van der Waals surface area contributed by atoms with Crippen LogP contribution < -0.4 is 0 Å². The number of hydrogen-bond acceptors (Lipinski definition) is 4. The molecule has 2 aliphatic rings. The smallest absolute Gasteiger partial charge is 0.417 e. The zero-order valence-corrected chi connectivity index (χ0v) is 19.3. The third-order valence-corrected chi connectivity index (χ3v) is 6.13. The molecule has 2 fully saturated rings. The van der Waals surface area contributed by atoms with Gasteiger partial charge in [0.05, 0.1) is 6.04 Å². The largest absolute Gasteiger partial charge is 0.447 e. The summed E-state index contributed by atoms with van der Waals surface area (Å²) in [5.41, 5.74) is 1.02. The van der Waals surface area contributed by atoms with Crippen molar-refractivity contribution in [1.29, 1.82) is 0 Å². The monoisotopic (exact) mass is 450 g/mol. The van der Waals surface area contributed by atoms with Crippen LogP contribution in [0.5, 0.6) is 0 Å². The minimum absolute atomic E-state index is 0.000325. The normalized spacial score (nSPS) is 18.8. The standard InChI is InChI=1S/C27H34N2O4/c1-2-3-4-5-6-11-16-23(20-25(30)28-17-12-8-13-18-28)26(31)29-24(21-33-27(29)32)19-22-14-9-7-10-15-22/h2,7,9-10,14-15,23-24H,1,3-6,8,12-13,17-21H2. The number of rotatable bonds is 9. The number of ether oxygens (including phenoxy) is 1. The van der Waals surface area contributed by atoms with E-state index in [1.807, 2.05) is 41.3 Å². The Morgan fingerprint density at radius 3 is 2.64 bits per heavy atom. The average Bonchev–Trinajstić information content (AvgIpc) is 3.20. The second-order valence-corrected chi connectivity index (χ2v) is 8.68. The van der Waals surface area contributed by atoms with Crippen LogP contribution in [-0.2, 0) is 20.7 Å². The molecule has 3 amide bonds. The van der Waals surface area contributed by atoms with Crippen molar-refractivity contribution in [2.75, 3.05) is 19.7 Å². The highest BCUT2D eigenvalue weighted by molar-refractivity contribution is 5.98. The minimum Gasteiger partial charge on any atom is -0.447 e. The highest BCUT2D eigenvalue weighted by Gasteiger charge is 2.41. The van der Waals surface area contributed by atoms with Crippen molar-refractivity contribution in [3.8, 4) is 11.8 Å². The maximum atomic E-state index is 13.5. The third-order valence-electron chi connectivity index (χ3n) is 6.13. The highest BCUT2D eigenvalue weighted by Crippen LogP contribution is 2.22. The molecule has 0 spiro atoms. The molecule has 0 saturated carbocycles. The van der Waals surface area contributed by atoms with Gasteiger partial charge in [-0.2, -0.15) is 0 Å². The molecule has 2 heterocycles. The van der Waals surface area contributed by atoms with E-state index in [0.717, 1.165) is 57.2 Å². The molecule has 1 aromatic carbocycles. The van der Waals surface area contributed by atoms with Gasteiger partial charge in [-0.25, -0.2) is 9.69 Å². The lowest BCUT2D eigenvalue weighted by atomic mass is 9.99. The van der Waals surface area contributed by atoms with E-state index in [-0.39, 0.29) is 18.9 Å². The van der Waals surface area contributed by atoms with Crippen molar-refractivity contribution in [2.24, 2.45) is 5.92 Å². The van der Waals surface area contributed by atoms with E-state index in [0.29, 0.717) is 12.8 Å². The van der Waals surface area contributed by atoms with Gasteiger partial charge in [-0.3, -0.25) is 9.59 Å². The number of amides is 3. The Balaban J connectivity index is 1.72. The molecule has 6 nitrogen and oxygen atoms in total. The van der Waals surface area contributed by atoms with Gasteiger partial charge in [0.25, 0.3) is 0 Å². The van der Waals surface area contributed by atoms with Crippen LogP contribution in [0.15, 0.2) is 43.0 Å². The topological polar surface area (TPSA) is 66.9 Å². The Morgan fingerprint density at radius 2 is 1.91 bits per heavy atom. The first-order chi connectivity index (χ1) is 16.1. The summed E-state index contributed by atoms with van der Waals surface area (Å²) in [7, 11) is 0. The van der Waals surface area contributed by atoms with Crippen LogP contribution in [0.4, 0.5) is 4.79 Å². The number of cyclic esters (lactones) is 1. The molecule has 3 rings (SSSR count). The number of likely N-dealkylation sites (tertiary alicyclic amines) is 1. The molecule has 1 aromatic rings. The molecule has 0 aliphatic carbocycles. The summed E-state index contributed by atoms with van der Waals surface area (Å²) in [4.78, 5) is 41.9. The second-order valence-electron chi connectivity index (χ2n) is 8.68. The number of carbonyl (C=O) groups excluding carboxylic acids is 3. The van der Waals surface area contributed by atoms with Crippen LogP contribution in [0, 0.1) is 17.8 Å². The molecular formula is C27H34N2O4. The second kappa shape index (κ2) is 12.8. The SMILES string of the molecule is C=CCCCCC#CC(CC(=O)N1CCCCC1)C(=O)N1C(=O)OCC1Cc1ccccc1. The molecule has 176 valence electrons. The fourth-order valence-corrected chi connectivity index (χ4v) is 4.28. The minimum atomic E-state index is -0.845. The first kappa shape index (κ1) is 24.6. The van der Waals surface area contributed by atoms with Crippen molar-refractivity contribution < 1.29 is 19.1 Å². The van der Waals surface area contributed by atoms with Crippen LogP contribution in [0.25, 0.3) is 0 Å².